The molecule has 1 aliphatic rings. The SMILES string of the molecule is O=C(O)c1cccc(CC(=O)N2CCCCCCC2)c1. The highest BCUT2D eigenvalue weighted by Crippen LogP contribution is 2.13. The molecular formula is C16H21NO3. The van der Waals surface area contributed by atoms with Gasteiger partial charge in [0, 0.05) is 13.1 Å². The first-order valence-corrected chi connectivity index (χ1v) is 7.27. The van der Waals surface area contributed by atoms with E-state index in [4.69, 9.17) is 5.11 Å². The maximum Gasteiger partial charge on any atom is 0.335 e. The Balaban J connectivity index is 1.99. The zero-order valence-electron chi connectivity index (χ0n) is 11.7. The largest absolute Gasteiger partial charge is 0.478 e. The molecule has 1 aliphatic heterocycles. The number of likely N-dealkylation sites (tertiary alicyclic amines) is 1. The molecule has 1 aromatic rings. The number of carbonyl (C=O) groups excluding carboxylic acids is 1. The lowest BCUT2D eigenvalue weighted by molar-refractivity contribution is -0.130. The quantitative estimate of drug-likeness (QED) is 0.922. The molecule has 1 heterocycles. The van der Waals surface area contributed by atoms with Gasteiger partial charge >= 0.3 is 5.97 Å². The summed E-state index contributed by atoms with van der Waals surface area (Å²) in [5.41, 5.74) is 1.01. The summed E-state index contributed by atoms with van der Waals surface area (Å²) in [4.78, 5) is 25.1. The number of hydrogen-bond donors (Lipinski definition) is 1. The molecule has 4 nitrogen and oxygen atoms in total. The van der Waals surface area contributed by atoms with E-state index < -0.39 is 5.97 Å². The fraction of sp³-hybridized carbons (Fsp3) is 0.500. The van der Waals surface area contributed by atoms with E-state index in [0.29, 0.717) is 6.42 Å². The van der Waals surface area contributed by atoms with E-state index in [-0.39, 0.29) is 11.5 Å². The molecule has 1 fully saturated rings. The van der Waals surface area contributed by atoms with Crippen molar-refractivity contribution in [3.63, 3.8) is 0 Å². The van der Waals surface area contributed by atoms with Crippen LogP contribution in [0.4, 0.5) is 0 Å². The van der Waals surface area contributed by atoms with Crippen LogP contribution in [-0.2, 0) is 11.2 Å². The van der Waals surface area contributed by atoms with E-state index in [1.807, 2.05) is 11.0 Å². The average Bonchev–Trinajstić information content (AvgIpc) is 2.38. The van der Waals surface area contributed by atoms with E-state index in [0.717, 1.165) is 31.5 Å². The second-order valence-electron chi connectivity index (χ2n) is 5.33. The van der Waals surface area contributed by atoms with Crippen LogP contribution in [-0.4, -0.2) is 35.0 Å². The summed E-state index contributed by atoms with van der Waals surface area (Å²) in [6.07, 6.45) is 6.09. The second kappa shape index (κ2) is 7.08. The zero-order chi connectivity index (χ0) is 14.4. The van der Waals surface area contributed by atoms with Crippen molar-refractivity contribution in [1.82, 2.24) is 4.90 Å². The lowest BCUT2D eigenvalue weighted by Gasteiger charge is -2.25. The Morgan fingerprint density at radius 3 is 2.35 bits per heavy atom. The molecular weight excluding hydrogens is 254 g/mol. The predicted molar refractivity (Wildman–Crippen MR) is 76.8 cm³/mol. The number of aromatic carboxylic acids is 1. The maximum atomic E-state index is 12.3. The van der Waals surface area contributed by atoms with E-state index in [2.05, 4.69) is 0 Å². The maximum absolute atomic E-state index is 12.3. The van der Waals surface area contributed by atoms with Crippen molar-refractivity contribution < 1.29 is 14.7 Å². The Hall–Kier alpha value is -1.84. The monoisotopic (exact) mass is 275 g/mol. The third-order valence-electron chi connectivity index (χ3n) is 3.74. The van der Waals surface area contributed by atoms with Gasteiger partial charge in [-0.05, 0) is 30.5 Å². The standard InChI is InChI=1S/C16H21NO3/c18-15(17-9-4-2-1-3-5-10-17)12-13-7-6-8-14(11-13)16(19)20/h6-8,11H,1-5,9-10,12H2,(H,19,20). The average molecular weight is 275 g/mol. The highest BCUT2D eigenvalue weighted by atomic mass is 16.4. The van der Waals surface area contributed by atoms with Gasteiger partial charge in [0.15, 0.2) is 0 Å². The van der Waals surface area contributed by atoms with Crippen LogP contribution in [0.1, 0.15) is 48.0 Å². The van der Waals surface area contributed by atoms with E-state index >= 15 is 0 Å². The molecule has 108 valence electrons. The molecule has 2 rings (SSSR count). The lowest BCUT2D eigenvalue weighted by atomic mass is 10.1. The van der Waals surface area contributed by atoms with Crippen molar-refractivity contribution >= 4 is 11.9 Å². The van der Waals surface area contributed by atoms with Crippen LogP contribution < -0.4 is 0 Å². The van der Waals surface area contributed by atoms with Gasteiger partial charge in [-0.1, -0.05) is 31.4 Å². The zero-order valence-corrected chi connectivity index (χ0v) is 11.7. The molecule has 0 aliphatic carbocycles. The van der Waals surface area contributed by atoms with Crippen molar-refractivity contribution in [2.24, 2.45) is 0 Å². The van der Waals surface area contributed by atoms with Gasteiger partial charge in [0.1, 0.15) is 0 Å². The highest BCUT2D eigenvalue weighted by molar-refractivity contribution is 5.88. The molecule has 1 amide bonds. The van der Waals surface area contributed by atoms with Gasteiger partial charge in [-0.15, -0.1) is 0 Å². The molecule has 1 saturated heterocycles. The molecule has 0 bridgehead atoms. The molecule has 1 aromatic carbocycles. The summed E-state index contributed by atoms with van der Waals surface area (Å²) in [5.74, 6) is -0.847. The van der Waals surface area contributed by atoms with Crippen LogP contribution in [0, 0.1) is 0 Å². The van der Waals surface area contributed by atoms with Gasteiger partial charge in [-0.2, -0.15) is 0 Å². The van der Waals surface area contributed by atoms with Crippen LogP contribution in [0.3, 0.4) is 0 Å². The number of amides is 1. The number of rotatable bonds is 3. The lowest BCUT2D eigenvalue weighted by Crippen LogP contribution is -2.34. The number of nitrogens with zero attached hydrogens (tertiary/aromatic N) is 1. The van der Waals surface area contributed by atoms with Gasteiger partial charge < -0.3 is 10.0 Å². The van der Waals surface area contributed by atoms with E-state index in [1.54, 1.807) is 18.2 Å². The molecule has 0 saturated carbocycles. The first-order valence-electron chi connectivity index (χ1n) is 7.27. The molecule has 0 radical (unpaired) electrons. The fourth-order valence-electron chi connectivity index (χ4n) is 2.60. The van der Waals surface area contributed by atoms with Crippen LogP contribution in [0.5, 0.6) is 0 Å². The molecule has 1 N–H and O–H groups in total. The minimum absolute atomic E-state index is 0.106. The molecule has 4 heteroatoms. The minimum Gasteiger partial charge on any atom is -0.478 e. The van der Waals surface area contributed by atoms with Crippen molar-refractivity contribution in [2.45, 2.75) is 38.5 Å². The Bertz CT molecular complexity index is 476. The van der Waals surface area contributed by atoms with Crippen LogP contribution in [0.15, 0.2) is 24.3 Å². The van der Waals surface area contributed by atoms with Gasteiger partial charge in [-0.3, -0.25) is 4.79 Å². The second-order valence-corrected chi connectivity index (χ2v) is 5.33. The van der Waals surface area contributed by atoms with Crippen molar-refractivity contribution in [3.8, 4) is 0 Å². The predicted octanol–water partition coefficient (Wildman–Crippen LogP) is 2.72. The van der Waals surface area contributed by atoms with Crippen molar-refractivity contribution in [1.29, 1.82) is 0 Å². The third kappa shape index (κ3) is 4.08. The first kappa shape index (κ1) is 14.6. The van der Waals surface area contributed by atoms with E-state index in [1.165, 1.54) is 19.3 Å². The Morgan fingerprint density at radius 1 is 1.05 bits per heavy atom. The summed E-state index contributed by atoms with van der Waals surface area (Å²) >= 11 is 0. The Kier molecular flexibility index (Phi) is 5.16. The van der Waals surface area contributed by atoms with Crippen molar-refractivity contribution in [3.05, 3.63) is 35.4 Å². The van der Waals surface area contributed by atoms with Crippen LogP contribution >= 0.6 is 0 Å². The van der Waals surface area contributed by atoms with Crippen LogP contribution in [0.25, 0.3) is 0 Å². The normalized spacial score (nSPS) is 16.3. The summed E-state index contributed by atoms with van der Waals surface area (Å²) in [6, 6.07) is 6.64. The molecule has 20 heavy (non-hydrogen) atoms. The Morgan fingerprint density at radius 2 is 1.70 bits per heavy atom. The first-order chi connectivity index (χ1) is 9.66. The number of benzene rings is 1. The van der Waals surface area contributed by atoms with Gasteiger partial charge in [-0.25, -0.2) is 4.79 Å². The minimum atomic E-state index is -0.953. The third-order valence-corrected chi connectivity index (χ3v) is 3.74. The Labute approximate surface area is 119 Å². The summed E-state index contributed by atoms with van der Waals surface area (Å²) in [6.45, 7) is 1.66. The topological polar surface area (TPSA) is 57.6 Å². The molecule has 0 spiro atoms. The smallest absolute Gasteiger partial charge is 0.335 e. The van der Waals surface area contributed by atoms with Crippen LogP contribution in [0.2, 0.25) is 0 Å². The number of hydrogen-bond acceptors (Lipinski definition) is 2. The highest BCUT2D eigenvalue weighted by Gasteiger charge is 2.15. The summed E-state index contributed by atoms with van der Waals surface area (Å²) in [7, 11) is 0. The summed E-state index contributed by atoms with van der Waals surface area (Å²) in [5, 5.41) is 8.97. The fourth-order valence-corrected chi connectivity index (χ4v) is 2.60. The van der Waals surface area contributed by atoms with Gasteiger partial charge in [0.25, 0.3) is 0 Å². The van der Waals surface area contributed by atoms with Gasteiger partial charge in [0.05, 0.1) is 12.0 Å². The van der Waals surface area contributed by atoms with Crippen molar-refractivity contribution in [2.75, 3.05) is 13.1 Å². The number of carbonyl (C=O) groups is 2. The molecule has 0 unspecified atom stereocenters. The molecule has 0 atom stereocenters. The van der Waals surface area contributed by atoms with E-state index in [9.17, 15) is 9.59 Å². The number of carboxylic acid groups (broad SMARTS) is 1. The molecule has 0 aromatic heterocycles. The summed E-state index contributed by atoms with van der Waals surface area (Å²) < 4.78 is 0. The number of carboxylic acids is 1. The van der Waals surface area contributed by atoms with Gasteiger partial charge in [0.2, 0.25) is 5.91 Å².